The van der Waals surface area contributed by atoms with Crippen molar-refractivity contribution in [2.45, 2.75) is 0 Å². The lowest BCUT2D eigenvalue weighted by atomic mass is 10.1. The lowest BCUT2D eigenvalue weighted by Crippen LogP contribution is -2.09. The maximum Gasteiger partial charge on any atom is 0.231 e. The highest BCUT2D eigenvalue weighted by molar-refractivity contribution is 5.73. The van der Waals surface area contributed by atoms with Gasteiger partial charge in [-0.2, -0.15) is 0 Å². The molecule has 0 radical (unpaired) electrons. The van der Waals surface area contributed by atoms with E-state index in [9.17, 15) is 0 Å². The first-order chi connectivity index (χ1) is 13.2. The molecule has 6 heteroatoms. The van der Waals surface area contributed by atoms with Gasteiger partial charge < -0.3 is 23.8 Å². The minimum absolute atomic E-state index is 0.263. The summed E-state index contributed by atoms with van der Waals surface area (Å²) in [7, 11) is 5.25. The van der Waals surface area contributed by atoms with Crippen molar-refractivity contribution >= 4 is 11.4 Å². The molecule has 1 aliphatic rings. The first-order valence-corrected chi connectivity index (χ1v) is 8.50. The van der Waals surface area contributed by atoms with Gasteiger partial charge >= 0.3 is 0 Å². The molecule has 0 amide bonds. The predicted octanol–water partition coefficient (Wildman–Crippen LogP) is 4.26. The van der Waals surface area contributed by atoms with Crippen LogP contribution >= 0.6 is 0 Å². The van der Waals surface area contributed by atoms with Crippen LogP contribution in [0, 0.1) is 0 Å². The van der Waals surface area contributed by atoms with Gasteiger partial charge in [-0.3, -0.25) is 4.98 Å². The van der Waals surface area contributed by atoms with Crippen molar-refractivity contribution in [3.05, 3.63) is 54.9 Å². The highest BCUT2D eigenvalue weighted by Crippen LogP contribution is 2.38. The van der Waals surface area contributed by atoms with Crippen LogP contribution in [-0.2, 0) is 0 Å². The third kappa shape index (κ3) is 3.21. The Labute approximate surface area is 157 Å². The molecular weight excluding hydrogens is 344 g/mol. The van der Waals surface area contributed by atoms with Gasteiger partial charge in [-0.15, -0.1) is 0 Å². The minimum Gasteiger partial charge on any atom is -0.493 e. The summed E-state index contributed by atoms with van der Waals surface area (Å²) in [5, 5.41) is 0. The number of rotatable bonds is 5. The van der Waals surface area contributed by atoms with Crippen LogP contribution in [0.3, 0.4) is 0 Å². The van der Waals surface area contributed by atoms with Crippen molar-refractivity contribution in [3.63, 3.8) is 0 Å². The maximum atomic E-state index is 5.48. The molecule has 0 aliphatic carbocycles. The van der Waals surface area contributed by atoms with Crippen LogP contribution in [0.2, 0.25) is 0 Å². The second-order valence-electron chi connectivity index (χ2n) is 6.10. The summed E-state index contributed by atoms with van der Waals surface area (Å²) in [5.41, 5.74) is 3.94. The fourth-order valence-electron chi connectivity index (χ4n) is 3.03. The molecule has 0 spiro atoms. The first-order valence-electron chi connectivity index (χ1n) is 8.50. The van der Waals surface area contributed by atoms with Crippen LogP contribution in [-0.4, -0.2) is 33.0 Å². The fourth-order valence-corrected chi connectivity index (χ4v) is 3.03. The van der Waals surface area contributed by atoms with Crippen molar-refractivity contribution in [1.82, 2.24) is 4.98 Å². The second kappa shape index (κ2) is 7.07. The van der Waals surface area contributed by atoms with E-state index >= 15 is 0 Å². The quantitative estimate of drug-likeness (QED) is 0.674. The molecule has 0 unspecified atom stereocenters. The van der Waals surface area contributed by atoms with Crippen molar-refractivity contribution in [2.75, 3.05) is 33.0 Å². The lowest BCUT2D eigenvalue weighted by molar-refractivity contribution is 0.174. The van der Waals surface area contributed by atoms with E-state index in [1.54, 1.807) is 14.2 Å². The summed E-state index contributed by atoms with van der Waals surface area (Å²) >= 11 is 0. The van der Waals surface area contributed by atoms with Gasteiger partial charge in [0.25, 0.3) is 0 Å². The molecule has 27 heavy (non-hydrogen) atoms. The van der Waals surface area contributed by atoms with Gasteiger partial charge in [0.15, 0.2) is 23.0 Å². The monoisotopic (exact) mass is 364 g/mol. The van der Waals surface area contributed by atoms with Crippen LogP contribution in [0.5, 0.6) is 23.0 Å². The van der Waals surface area contributed by atoms with E-state index < -0.39 is 0 Å². The number of anilines is 2. The zero-order valence-corrected chi connectivity index (χ0v) is 15.4. The van der Waals surface area contributed by atoms with Gasteiger partial charge in [-0.05, 0) is 35.9 Å². The fraction of sp³-hybridized carbons (Fsp3) is 0.190. The molecule has 0 saturated heterocycles. The van der Waals surface area contributed by atoms with Crippen molar-refractivity contribution in [1.29, 1.82) is 0 Å². The van der Waals surface area contributed by atoms with E-state index in [1.165, 1.54) is 0 Å². The molecule has 0 bridgehead atoms. The third-order valence-corrected chi connectivity index (χ3v) is 4.57. The van der Waals surface area contributed by atoms with E-state index in [0.29, 0.717) is 11.5 Å². The molecule has 3 aromatic rings. The van der Waals surface area contributed by atoms with Gasteiger partial charge in [-0.1, -0.05) is 6.07 Å². The number of hydrogen-bond acceptors (Lipinski definition) is 6. The molecule has 2 aromatic carbocycles. The van der Waals surface area contributed by atoms with Crippen LogP contribution < -0.4 is 23.8 Å². The van der Waals surface area contributed by atoms with Crippen LogP contribution in [0.1, 0.15) is 0 Å². The molecular formula is C21H20N2O4. The Kier molecular flexibility index (Phi) is 4.46. The number of hydrogen-bond donors (Lipinski definition) is 0. The molecule has 138 valence electrons. The number of methoxy groups -OCH3 is 2. The van der Waals surface area contributed by atoms with Crippen LogP contribution in [0.25, 0.3) is 11.1 Å². The van der Waals surface area contributed by atoms with E-state index in [-0.39, 0.29) is 6.79 Å². The summed E-state index contributed by atoms with van der Waals surface area (Å²) < 4.78 is 21.6. The van der Waals surface area contributed by atoms with Crippen molar-refractivity contribution in [3.8, 4) is 34.1 Å². The molecule has 1 aromatic heterocycles. The number of ether oxygens (including phenoxy) is 4. The number of pyridine rings is 1. The molecule has 0 saturated carbocycles. The van der Waals surface area contributed by atoms with E-state index in [4.69, 9.17) is 18.9 Å². The molecule has 0 N–H and O–H groups in total. The van der Waals surface area contributed by atoms with Crippen molar-refractivity contribution < 1.29 is 18.9 Å². The Morgan fingerprint density at radius 1 is 0.815 bits per heavy atom. The number of nitrogens with zero attached hydrogens (tertiary/aromatic N) is 2. The Balaban J connectivity index is 1.66. The topological polar surface area (TPSA) is 53.1 Å². The van der Waals surface area contributed by atoms with Gasteiger partial charge in [0.1, 0.15) is 0 Å². The van der Waals surface area contributed by atoms with E-state index in [2.05, 4.69) is 16.0 Å². The smallest absolute Gasteiger partial charge is 0.231 e. The summed E-state index contributed by atoms with van der Waals surface area (Å²) in [6.45, 7) is 0.263. The summed E-state index contributed by atoms with van der Waals surface area (Å²) in [6.07, 6.45) is 3.66. The van der Waals surface area contributed by atoms with Crippen LogP contribution in [0.15, 0.2) is 54.9 Å². The lowest BCUT2D eigenvalue weighted by Gasteiger charge is -2.20. The maximum absolute atomic E-state index is 5.48. The Hall–Kier alpha value is -3.41. The average Bonchev–Trinajstić information content (AvgIpc) is 3.20. The average molecular weight is 364 g/mol. The molecule has 0 atom stereocenters. The van der Waals surface area contributed by atoms with E-state index in [1.807, 2.05) is 55.8 Å². The van der Waals surface area contributed by atoms with E-state index in [0.717, 1.165) is 34.0 Å². The summed E-state index contributed by atoms with van der Waals surface area (Å²) in [5.74, 6) is 2.90. The minimum atomic E-state index is 0.263. The largest absolute Gasteiger partial charge is 0.493 e. The highest BCUT2D eigenvalue weighted by atomic mass is 16.7. The molecule has 4 rings (SSSR count). The number of aromatic nitrogens is 1. The highest BCUT2D eigenvalue weighted by Gasteiger charge is 2.16. The van der Waals surface area contributed by atoms with Gasteiger partial charge in [0.2, 0.25) is 6.79 Å². The van der Waals surface area contributed by atoms with Crippen molar-refractivity contribution in [2.24, 2.45) is 0 Å². The molecule has 0 fully saturated rings. The molecule has 6 nitrogen and oxygen atoms in total. The number of benzene rings is 2. The van der Waals surface area contributed by atoms with Gasteiger partial charge in [0, 0.05) is 30.6 Å². The SMILES string of the molecule is COc1ccc(-c2cncc(N(C)c3ccc4c(c3)OCO4)c2)cc1OC. The number of fused-ring (bicyclic) bond motifs is 1. The van der Waals surface area contributed by atoms with Gasteiger partial charge in [-0.25, -0.2) is 0 Å². The Morgan fingerprint density at radius 2 is 1.63 bits per heavy atom. The zero-order chi connectivity index (χ0) is 18.8. The van der Waals surface area contributed by atoms with Crippen LogP contribution in [0.4, 0.5) is 11.4 Å². The molecule has 2 heterocycles. The normalized spacial score (nSPS) is 12.0. The molecule has 1 aliphatic heterocycles. The first kappa shape index (κ1) is 17.0. The third-order valence-electron chi connectivity index (χ3n) is 4.57. The summed E-state index contributed by atoms with van der Waals surface area (Å²) in [4.78, 5) is 6.46. The standard InChI is InChI=1S/C21H20N2O4/c1-23(16-5-7-19-21(10-16)27-13-26-19)17-8-15(11-22-12-17)14-4-6-18(24-2)20(9-14)25-3/h4-12H,13H2,1-3H3. The second-order valence-corrected chi connectivity index (χ2v) is 6.10. The Bertz CT molecular complexity index is 974. The Morgan fingerprint density at radius 3 is 2.44 bits per heavy atom. The predicted molar refractivity (Wildman–Crippen MR) is 103 cm³/mol. The summed E-state index contributed by atoms with van der Waals surface area (Å²) in [6, 6.07) is 13.8. The zero-order valence-electron chi connectivity index (χ0n) is 15.4. The van der Waals surface area contributed by atoms with Gasteiger partial charge in [0.05, 0.1) is 26.1 Å².